The third-order valence-electron chi connectivity index (χ3n) is 12.1. The fourth-order valence-corrected chi connectivity index (χ4v) is 9.22. The first-order valence-corrected chi connectivity index (χ1v) is 18.6. The molecule has 21 heteroatoms. The Balaban J connectivity index is 1.28. The van der Waals surface area contributed by atoms with Crippen LogP contribution in [0.1, 0.15) is 75.4 Å². The summed E-state index contributed by atoms with van der Waals surface area (Å²) < 4.78 is 34.3. The molecule has 0 radical (unpaired) electrons. The summed E-state index contributed by atoms with van der Waals surface area (Å²) in [4.78, 5) is 69.5. The molecule has 5 aliphatic rings. The summed E-state index contributed by atoms with van der Waals surface area (Å²) in [5.41, 5.74) is -11.6. The highest BCUT2D eigenvalue weighted by Crippen LogP contribution is 2.56. The molecule has 13 atom stereocenters. The molecule has 60 heavy (non-hydrogen) atoms. The number of Topliss-reactive ketones (excluding diaryl/α,β-unsaturated/α-hetero) is 3. The van der Waals surface area contributed by atoms with E-state index in [4.69, 9.17) is 28.4 Å². The second kappa shape index (κ2) is 15.3. The van der Waals surface area contributed by atoms with Crippen LogP contribution in [0.3, 0.4) is 0 Å². The van der Waals surface area contributed by atoms with Crippen molar-refractivity contribution in [3.8, 4) is 11.5 Å². The van der Waals surface area contributed by atoms with E-state index in [1.165, 1.54) is 27.2 Å². The number of aryl methyl sites for hydroxylation is 1. The molecule has 324 valence electrons. The van der Waals surface area contributed by atoms with Gasteiger partial charge in [0.15, 0.2) is 29.5 Å². The van der Waals surface area contributed by atoms with E-state index in [9.17, 15) is 69.9 Å². The number of carboxylic acid groups (broad SMARTS) is 1. The van der Waals surface area contributed by atoms with Gasteiger partial charge in [0.1, 0.15) is 59.8 Å². The van der Waals surface area contributed by atoms with Crippen LogP contribution < -0.4 is 5.32 Å². The number of hydrogen-bond acceptors (Lipinski definition) is 20. The van der Waals surface area contributed by atoms with Gasteiger partial charge in [0.2, 0.25) is 17.3 Å². The Bertz CT molecular complexity index is 2220. The molecule has 2 aliphatic heterocycles. The van der Waals surface area contributed by atoms with Crippen LogP contribution in [0.5, 0.6) is 11.5 Å². The van der Waals surface area contributed by atoms with E-state index in [0.29, 0.717) is 0 Å². The number of phenolic OH excluding ortho intramolecular Hbond substituents is 1. The van der Waals surface area contributed by atoms with E-state index < -0.39 is 171 Å². The SMILES string of the molecule is CO[C@@H]1[C@@H](O[C@@H]2O[C@H](CO)[C@@H](O)[C@H](O)[C@H]2O)[C@@H](OC)[C@@H](NC2=CC(=O)c3c(cc4c(c3O)C(=O)C3(OC)C(O)Cc5cc(C)c(C(=O)O)c(O)c5C3(O)C4=O)C2=O)O[C@H]1C. The number of aromatic hydroxyl groups is 2. The highest BCUT2D eigenvalue weighted by Gasteiger charge is 2.72. The molecule has 2 fully saturated rings. The second-order valence-electron chi connectivity index (χ2n) is 15.2. The van der Waals surface area contributed by atoms with E-state index in [1.54, 1.807) is 6.92 Å². The number of fused-ring (bicyclic) bond motifs is 5. The largest absolute Gasteiger partial charge is 0.507 e. The van der Waals surface area contributed by atoms with E-state index >= 15 is 0 Å². The van der Waals surface area contributed by atoms with Crippen molar-refractivity contribution >= 4 is 29.1 Å². The number of carbonyl (C=O) groups excluding carboxylic acids is 4. The summed E-state index contributed by atoms with van der Waals surface area (Å²) in [6.45, 7) is 2.12. The van der Waals surface area contributed by atoms with Gasteiger partial charge in [-0.25, -0.2) is 4.79 Å². The van der Waals surface area contributed by atoms with E-state index in [-0.39, 0.29) is 11.1 Å². The number of allylic oxidation sites excluding steroid dienone is 2. The fraction of sp³-hybridized carbons (Fsp3) is 0.513. The first-order valence-electron chi connectivity index (χ1n) is 18.6. The normalized spacial score (nSPS) is 36.2. The van der Waals surface area contributed by atoms with Gasteiger partial charge in [0.05, 0.1) is 35.6 Å². The lowest BCUT2D eigenvalue weighted by Gasteiger charge is -2.52. The highest BCUT2D eigenvalue weighted by atomic mass is 16.7. The van der Waals surface area contributed by atoms with Gasteiger partial charge in [-0.3, -0.25) is 19.2 Å². The average molecular weight is 846 g/mol. The van der Waals surface area contributed by atoms with Crippen LogP contribution >= 0.6 is 0 Å². The van der Waals surface area contributed by atoms with Crippen molar-refractivity contribution in [3.63, 3.8) is 0 Å². The van der Waals surface area contributed by atoms with Gasteiger partial charge >= 0.3 is 5.97 Å². The van der Waals surface area contributed by atoms with Crippen molar-refractivity contribution in [3.05, 3.63) is 68.4 Å². The van der Waals surface area contributed by atoms with Gasteiger partial charge < -0.3 is 79.7 Å². The molecule has 0 spiro atoms. The zero-order chi connectivity index (χ0) is 44.1. The van der Waals surface area contributed by atoms with Crippen LogP contribution in [-0.2, 0) is 40.4 Å². The van der Waals surface area contributed by atoms with Crippen LogP contribution in [-0.4, -0.2) is 176 Å². The standard InChI is InChI=1S/C39H43NO20/c1-11-6-13-7-19(43)39(57-5)34(51)22-15(33(50)38(39,54)23(13)27(47)20(11)36(52)53)8-14-21(26(22)46)17(42)9-16(24(14)44)40-35-32(56-4)31(30(55-3)12(2)58-35)60-37-29(49)28(48)25(45)18(10-41)59-37/h6,8-9,12,18-19,25,28-32,35,37,40-41,43,45-49,54H,7,10H2,1-5H3,(H,52,53)/t12-,18+,19?,25+,28-,29+,30-,31+,32+,35-,37-,38?,39?/m0/s1. The summed E-state index contributed by atoms with van der Waals surface area (Å²) in [6, 6.07) is 1.98. The maximum atomic E-state index is 14.7. The third-order valence-corrected chi connectivity index (χ3v) is 12.1. The minimum Gasteiger partial charge on any atom is -0.507 e. The predicted molar refractivity (Wildman–Crippen MR) is 194 cm³/mol. The molecule has 21 nitrogen and oxygen atoms in total. The molecule has 2 aromatic rings. The lowest BCUT2D eigenvalue weighted by atomic mass is 9.56. The molecule has 2 saturated heterocycles. The summed E-state index contributed by atoms with van der Waals surface area (Å²) in [7, 11) is 3.40. The number of benzene rings is 2. The molecule has 3 aliphatic carbocycles. The van der Waals surface area contributed by atoms with Crippen molar-refractivity contribution in [2.75, 3.05) is 27.9 Å². The number of carboxylic acids is 1. The van der Waals surface area contributed by atoms with E-state index in [2.05, 4.69) is 5.32 Å². The Hall–Kier alpha value is -4.75. The second-order valence-corrected chi connectivity index (χ2v) is 15.2. The molecule has 2 aromatic carbocycles. The Morgan fingerprint density at radius 2 is 1.55 bits per heavy atom. The summed E-state index contributed by atoms with van der Waals surface area (Å²) in [5.74, 6) is -8.95. The number of phenols is 2. The number of nitrogens with one attached hydrogen (secondary N) is 1. The Kier molecular flexibility index (Phi) is 11.1. The van der Waals surface area contributed by atoms with Crippen molar-refractivity contribution < 1.29 is 98.4 Å². The van der Waals surface area contributed by atoms with Crippen molar-refractivity contribution in [2.24, 2.45) is 0 Å². The maximum Gasteiger partial charge on any atom is 0.339 e. The van der Waals surface area contributed by atoms with E-state index in [1.807, 2.05) is 0 Å². The number of rotatable bonds is 9. The Labute approximate surface area is 339 Å². The van der Waals surface area contributed by atoms with Gasteiger partial charge in [-0.1, -0.05) is 6.07 Å². The predicted octanol–water partition coefficient (Wildman–Crippen LogP) is -2.51. The van der Waals surface area contributed by atoms with Crippen LogP contribution in [0.2, 0.25) is 0 Å². The van der Waals surface area contributed by atoms with Gasteiger partial charge in [-0.2, -0.15) is 0 Å². The topological polar surface area (TPSA) is 335 Å². The summed E-state index contributed by atoms with van der Waals surface area (Å²) in [6.07, 6.45) is -15.9. The molecule has 0 bridgehead atoms. The molecule has 0 aromatic heterocycles. The average Bonchev–Trinajstić information content (AvgIpc) is 3.18. The quantitative estimate of drug-likeness (QED) is 0.125. The third kappa shape index (κ3) is 5.88. The smallest absolute Gasteiger partial charge is 0.339 e. The first-order chi connectivity index (χ1) is 28.3. The van der Waals surface area contributed by atoms with Crippen molar-refractivity contribution in [1.29, 1.82) is 0 Å². The number of carbonyl (C=O) groups is 5. The number of ether oxygens (including phenoxy) is 6. The molecule has 10 N–H and O–H groups in total. The highest BCUT2D eigenvalue weighted by molar-refractivity contribution is 6.31. The molecular weight excluding hydrogens is 802 g/mol. The van der Waals surface area contributed by atoms with Gasteiger partial charge in [-0.15, -0.1) is 0 Å². The number of aliphatic hydroxyl groups excluding tert-OH is 5. The van der Waals surface area contributed by atoms with Gasteiger partial charge in [-0.05, 0) is 31.0 Å². The number of ketones is 4. The Morgan fingerprint density at radius 3 is 2.15 bits per heavy atom. The van der Waals surface area contributed by atoms with Crippen LogP contribution in [0.25, 0.3) is 0 Å². The number of aromatic carboxylic acids is 1. The van der Waals surface area contributed by atoms with Crippen molar-refractivity contribution in [1.82, 2.24) is 5.32 Å². The van der Waals surface area contributed by atoms with Gasteiger partial charge in [0, 0.05) is 50.5 Å². The maximum absolute atomic E-state index is 14.7. The number of hydrogen-bond donors (Lipinski definition) is 10. The van der Waals surface area contributed by atoms with Gasteiger partial charge in [0.25, 0.3) is 0 Å². The first kappa shape index (κ1) is 43.3. The number of methoxy groups -OCH3 is 3. The fourth-order valence-electron chi connectivity index (χ4n) is 9.22. The Morgan fingerprint density at radius 1 is 0.883 bits per heavy atom. The zero-order valence-corrected chi connectivity index (χ0v) is 32.5. The summed E-state index contributed by atoms with van der Waals surface area (Å²) in [5, 5.41) is 100. The van der Waals surface area contributed by atoms with E-state index in [0.717, 1.165) is 19.3 Å². The lowest BCUT2D eigenvalue weighted by molar-refractivity contribution is -0.343. The lowest BCUT2D eigenvalue weighted by Crippen LogP contribution is -2.73. The molecular formula is C39H43NO20. The van der Waals surface area contributed by atoms with Crippen LogP contribution in [0, 0.1) is 6.92 Å². The zero-order valence-electron chi connectivity index (χ0n) is 32.5. The molecule has 0 amide bonds. The minimum absolute atomic E-state index is 0.00588. The van der Waals surface area contributed by atoms with Crippen LogP contribution in [0.4, 0.5) is 0 Å². The molecule has 2 heterocycles. The molecule has 7 rings (SSSR count). The van der Waals surface area contributed by atoms with Crippen molar-refractivity contribution in [2.45, 2.75) is 98.9 Å². The molecule has 3 unspecified atom stereocenters. The summed E-state index contributed by atoms with van der Waals surface area (Å²) >= 11 is 0. The molecule has 0 saturated carbocycles. The monoisotopic (exact) mass is 845 g/mol. The minimum atomic E-state index is -3.36. The van der Waals surface area contributed by atoms with Crippen LogP contribution in [0.15, 0.2) is 23.9 Å². The number of aliphatic hydroxyl groups is 6.